The van der Waals surface area contributed by atoms with Gasteiger partial charge in [0.05, 0.1) is 0 Å². The molecule has 7 heteroatoms. The van der Waals surface area contributed by atoms with Crippen LogP contribution in [-0.2, 0) is 9.59 Å². The first-order valence-electron chi connectivity index (χ1n) is 9.38. The van der Waals surface area contributed by atoms with Gasteiger partial charge < -0.3 is 24.4 Å². The van der Waals surface area contributed by atoms with Crippen LogP contribution in [0.3, 0.4) is 0 Å². The van der Waals surface area contributed by atoms with Crippen molar-refractivity contribution in [1.82, 2.24) is 0 Å². The number of carbonyl (C=O) groups excluding carboxylic acids is 2. The molecule has 2 aromatic carbocycles. The van der Waals surface area contributed by atoms with Gasteiger partial charge in [-0.05, 0) is 37.6 Å². The highest BCUT2D eigenvalue weighted by Gasteiger charge is 2.22. The van der Waals surface area contributed by atoms with Crippen LogP contribution in [-0.4, -0.2) is 37.7 Å². The molecule has 2 amide bonds. The molecule has 2 aromatic rings. The quantitative estimate of drug-likeness (QED) is 0.860. The van der Waals surface area contributed by atoms with Gasteiger partial charge in [-0.1, -0.05) is 6.07 Å². The third-order valence-electron chi connectivity index (χ3n) is 4.69. The van der Waals surface area contributed by atoms with E-state index in [1.807, 2.05) is 12.1 Å². The molecule has 2 heterocycles. The first-order valence-corrected chi connectivity index (χ1v) is 9.38. The average Bonchev–Trinajstić information content (AvgIpc) is 3.14. The molecule has 1 N–H and O–H groups in total. The van der Waals surface area contributed by atoms with Gasteiger partial charge in [0, 0.05) is 36.5 Å². The van der Waals surface area contributed by atoms with Gasteiger partial charge in [-0.25, -0.2) is 0 Å². The molecule has 0 bridgehead atoms. The maximum Gasteiger partial charge on any atom is 0.265 e. The third-order valence-corrected chi connectivity index (χ3v) is 4.69. The summed E-state index contributed by atoms with van der Waals surface area (Å²) >= 11 is 0. The van der Waals surface area contributed by atoms with Crippen molar-refractivity contribution in [3.8, 4) is 17.2 Å². The lowest BCUT2D eigenvalue weighted by Gasteiger charge is -2.20. The Hall–Kier alpha value is -3.22. The molecule has 0 saturated carbocycles. The highest BCUT2D eigenvalue weighted by molar-refractivity contribution is 5.96. The number of hydrogen-bond acceptors (Lipinski definition) is 5. The minimum Gasteiger partial charge on any atom is -0.486 e. The molecule has 146 valence electrons. The third kappa shape index (κ3) is 3.88. The fourth-order valence-electron chi connectivity index (χ4n) is 3.27. The van der Waals surface area contributed by atoms with E-state index in [9.17, 15) is 9.59 Å². The minimum absolute atomic E-state index is 0.113. The highest BCUT2D eigenvalue weighted by Crippen LogP contribution is 2.32. The van der Waals surface area contributed by atoms with E-state index in [1.165, 1.54) is 0 Å². The van der Waals surface area contributed by atoms with Crippen molar-refractivity contribution < 1.29 is 23.8 Å². The molecule has 28 heavy (non-hydrogen) atoms. The Bertz CT molecular complexity index is 898. The number of anilines is 2. The summed E-state index contributed by atoms with van der Waals surface area (Å²) < 4.78 is 16.8. The SMILES string of the molecule is C[C@H](Oc1cccc(N2CCCC2=O)c1)C(=O)Nc1ccc2c(c1)OCCO2. The molecular formula is C21H22N2O5. The summed E-state index contributed by atoms with van der Waals surface area (Å²) in [5.74, 6) is 1.66. The number of carbonyl (C=O) groups is 2. The number of amides is 2. The molecule has 1 atom stereocenters. The van der Waals surface area contributed by atoms with E-state index in [-0.39, 0.29) is 11.8 Å². The van der Waals surface area contributed by atoms with E-state index >= 15 is 0 Å². The smallest absolute Gasteiger partial charge is 0.265 e. The Labute approximate surface area is 163 Å². The fourth-order valence-corrected chi connectivity index (χ4v) is 3.27. The summed E-state index contributed by atoms with van der Waals surface area (Å²) in [6, 6.07) is 12.5. The average molecular weight is 382 g/mol. The second-order valence-electron chi connectivity index (χ2n) is 6.75. The first-order chi connectivity index (χ1) is 13.6. The summed E-state index contributed by atoms with van der Waals surface area (Å²) in [6.07, 6.45) is 0.718. The van der Waals surface area contributed by atoms with Crippen LogP contribution in [0.4, 0.5) is 11.4 Å². The number of nitrogens with zero attached hydrogens (tertiary/aromatic N) is 1. The summed E-state index contributed by atoms with van der Waals surface area (Å²) in [6.45, 7) is 3.40. The van der Waals surface area contributed by atoms with Gasteiger partial charge in [0.25, 0.3) is 5.91 Å². The maximum atomic E-state index is 12.5. The van der Waals surface area contributed by atoms with E-state index < -0.39 is 6.10 Å². The summed E-state index contributed by atoms with van der Waals surface area (Å²) in [4.78, 5) is 26.2. The van der Waals surface area contributed by atoms with Crippen molar-refractivity contribution in [2.75, 3.05) is 30.0 Å². The Morgan fingerprint density at radius 1 is 1.14 bits per heavy atom. The second-order valence-corrected chi connectivity index (χ2v) is 6.75. The van der Waals surface area contributed by atoms with Crippen LogP contribution in [0.15, 0.2) is 42.5 Å². The van der Waals surface area contributed by atoms with Crippen molar-refractivity contribution >= 4 is 23.2 Å². The first kappa shape index (κ1) is 18.2. The van der Waals surface area contributed by atoms with Gasteiger partial charge >= 0.3 is 0 Å². The molecule has 0 aromatic heterocycles. The number of fused-ring (bicyclic) bond motifs is 1. The monoisotopic (exact) mass is 382 g/mol. The van der Waals surface area contributed by atoms with Gasteiger partial charge in [0.15, 0.2) is 17.6 Å². The molecule has 1 saturated heterocycles. The lowest BCUT2D eigenvalue weighted by Crippen LogP contribution is -2.30. The molecule has 2 aliphatic heterocycles. The predicted molar refractivity (Wildman–Crippen MR) is 104 cm³/mol. The largest absolute Gasteiger partial charge is 0.486 e. The molecule has 0 radical (unpaired) electrons. The number of hydrogen-bond donors (Lipinski definition) is 1. The van der Waals surface area contributed by atoms with E-state index in [1.54, 1.807) is 42.2 Å². The summed E-state index contributed by atoms with van der Waals surface area (Å²) in [7, 11) is 0. The van der Waals surface area contributed by atoms with Crippen molar-refractivity contribution in [1.29, 1.82) is 0 Å². The fraction of sp³-hybridized carbons (Fsp3) is 0.333. The zero-order chi connectivity index (χ0) is 19.5. The van der Waals surface area contributed by atoms with Gasteiger partial charge in [-0.2, -0.15) is 0 Å². The molecule has 0 unspecified atom stereocenters. The Kier molecular flexibility index (Phi) is 5.06. The molecular weight excluding hydrogens is 360 g/mol. The van der Waals surface area contributed by atoms with Crippen LogP contribution < -0.4 is 24.4 Å². The van der Waals surface area contributed by atoms with Crippen LogP contribution in [0.5, 0.6) is 17.2 Å². The lowest BCUT2D eigenvalue weighted by molar-refractivity contribution is -0.122. The molecule has 2 aliphatic rings. The van der Waals surface area contributed by atoms with Crippen LogP contribution in [0.1, 0.15) is 19.8 Å². The number of nitrogens with one attached hydrogen (secondary N) is 1. The Balaban J connectivity index is 1.40. The van der Waals surface area contributed by atoms with Gasteiger partial charge in [0.2, 0.25) is 5.91 Å². The minimum atomic E-state index is -0.710. The van der Waals surface area contributed by atoms with Crippen molar-refractivity contribution in [3.63, 3.8) is 0 Å². The zero-order valence-corrected chi connectivity index (χ0v) is 15.6. The predicted octanol–water partition coefficient (Wildman–Crippen LogP) is 2.99. The van der Waals surface area contributed by atoms with Crippen molar-refractivity contribution in [3.05, 3.63) is 42.5 Å². The highest BCUT2D eigenvalue weighted by atomic mass is 16.6. The number of ether oxygens (including phenoxy) is 3. The van der Waals surface area contributed by atoms with Crippen LogP contribution in [0.25, 0.3) is 0 Å². The second kappa shape index (κ2) is 7.80. The summed E-state index contributed by atoms with van der Waals surface area (Å²) in [5.41, 5.74) is 1.40. The van der Waals surface area contributed by atoms with Gasteiger partial charge in [-0.3, -0.25) is 9.59 Å². The van der Waals surface area contributed by atoms with Crippen LogP contribution >= 0.6 is 0 Å². The number of rotatable bonds is 5. The number of benzene rings is 2. The van der Waals surface area contributed by atoms with Crippen LogP contribution in [0, 0.1) is 0 Å². The van der Waals surface area contributed by atoms with Crippen LogP contribution in [0.2, 0.25) is 0 Å². The Morgan fingerprint density at radius 2 is 1.96 bits per heavy atom. The standard InChI is InChI=1S/C21H22N2O5/c1-14(21(25)22-15-7-8-18-19(12-15)27-11-10-26-18)28-17-5-2-4-16(13-17)23-9-3-6-20(23)24/h2,4-5,7-8,12-14H,3,6,9-11H2,1H3,(H,22,25)/t14-/m0/s1. The summed E-state index contributed by atoms with van der Waals surface area (Å²) in [5, 5.41) is 2.82. The Morgan fingerprint density at radius 3 is 2.75 bits per heavy atom. The van der Waals surface area contributed by atoms with Crippen molar-refractivity contribution in [2.24, 2.45) is 0 Å². The lowest BCUT2D eigenvalue weighted by atomic mass is 10.2. The van der Waals surface area contributed by atoms with Gasteiger partial charge in [0.1, 0.15) is 19.0 Å². The molecule has 1 fully saturated rings. The van der Waals surface area contributed by atoms with E-state index in [4.69, 9.17) is 14.2 Å². The van der Waals surface area contributed by atoms with E-state index in [0.717, 1.165) is 12.1 Å². The normalized spacial score (nSPS) is 16.6. The zero-order valence-electron chi connectivity index (χ0n) is 15.6. The molecule has 0 aliphatic carbocycles. The molecule has 0 spiro atoms. The van der Waals surface area contributed by atoms with E-state index in [0.29, 0.717) is 49.1 Å². The molecule has 4 rings (SSSR count). The van der Waals surface area contributed by atoms with Gasteiger partial charge in [-0.15, -0.1) is 0 Å². The maximum absolute atomic E-state index is 12.5. The topological polar surface area (TPSA) is 77.1 Å². The van der Waals surface area contributed by atoms with Crippen molar-refractivity contribution in [2.45, 2.75) is 25.9 Å². The van der Waals surface area contributed by atoms with E-state index in [2.05, 4.69) is 5.32 Å². The molecule has 7 nitrogen and oxygen atoms in total.